The Hall–Kier alpha value is -3.10. The van der Waals surface area contributed by atoms with Crippen LogP contribution in [-0.2, 0) is 22.7 Å². The van der Waals surface area contributed by atoms with Gasteiger partial charge >= 0.3 is 11.9 Å². The molecule has 8 heteroatoms. The predicted octanol–water partition coefficient (Wildman–Crippen LogP) is 2.20. The number of aliphatic carboxylic acids is 2. The monoisotopic (exact) mass is 414 g/mol. The lowest BCUT2D eigenvalue weighted by atomic mass is 10.1. The van der Waals surface area contributed by atoms with Crippen molar-refractivity contribution in [3.8, 4) is 11.5 Å². The molecule has 30 heavy (non-hydrogen) atoms. The average Bonchev–Trinajstić information content (AvgIpc) is 3.18. The van der Waals surface area contributed by atoms with Crippen molar-refractivity contribution in [3.63, 3.8) is 0 Å². The molecule has 2 aliphatic heterocycles. The molecule has 1 fully saturated rings. The van der Waals surface area contributed by atoms with Crippen molar-refractivity contribution in [3.05, 3.63) is 59.2 Å². The first-order chi connectivity index (χ1) is 14.4. The molecule has 0 aromatic heterocycles. The molecule has 0 amide bonds. The minimum absolute atomic E-state index is 0.344. The third-order valence-corrected chi connectivity index (χ3v) is 4.98. The number of carbonyl (C=O) groups is 2. The minimum Gasteiger partial charge on any atom is -0.473 e. The highest BCUT2D eigenvalue weighted by Crippen LogP contribution is 2.32. The van der Waals surface area contributed by atoms with Crippen LogP contribution in [0.5, 0.6) is 11.5 Å². The standard InChI is InChI=1S/C20H24N2O2.C2H2O4/c1-16-3-2-4-17(11-16)13-21-7-9-22(10-8-21)14-18-5-6-19-20(12-18)24-15-23-19;3-1(4)2(5)6/h2-6,11-12H,7-10,13-15H2,1H3;(H,3,4)(H,5,6). The van der Waals surface area contributed by atoms with Gasteiger partial charge in [0, 0.05) is 39.3 Å². The summed E-state index contributed by atoms with van der Waals surface area (Å²) in [5.41, 5.74) is 4.06. The minimum atomic E-state index is -1.82. The second-order valence-electron chi connectivity index (χ2n) is 7.34. The number of carboxylic acid groups (broad SMARTS) is 2. The molecule has 2 heterocycles. The first-order valence-electron chi connectivity index (χ1n) is 9.75. The van der Waals surface area contributed by atoms with E-state index in [2.05, 4.69) is 53.1 Å². The summed E-state index contributed by atoms with van der Waals surface area (Å²) in [6.07, 6.45) is 0. The Morgan fingerprint density at radius 3 is 1.97 bits per heavy atom. The zero-order chi connectivity index (χ0) is 21.5. The maximum Gasteiger partial charge on any atom is 0.414 e. The molecular formula is C22H26N2O6. The summed E-state index contributed by atoms with van der Waals surface area (Å²) in [6.45, 7) is 9.01. The number of ether oxygens (including phenoxy) is 2. The van der Waals surface area contributed by atoms with Crippen LogP contribution in [0.4, 0.5) is 0 Å². The fraction of sp³-hybridized carbons (Fsp3) is 0.364. The molecule has 0 atom stereocenters. The van der Waals surface area contributed by atoms with Crippen LogP contribution in [0.2, 0.25) is 0 Å². The fourth-order valence-corrected chi connectivity index (χ4v) is 3.47. The highest BCUT2D eigenvalue weighted by molar-refractivity contribution is 6.27. The van der Waals surface area contributed by atoms with Gasteiger partial charge in [-0.15, -0.1) is 0 Å². The van der Waals surface area contributed by atoms with E-state index in [1.165, 1.54) is 16.7 Å². The van der Waals surface area contributed by atoms with Crippen molar-refractivity contribution in [2.24, 2.45) is 0 Å². The lowest BCUT2D eigenvalue weighted by Gasteiger charge is -2.34. The number of fused-ring (bicyclic) bond motifs is 1. The summed E-state index contributed by atoms with van der Waals surface area (Å²) in [5, 5.41) is 14.8. The third kappa shape index (κ3) is 6.20. The van der Waals surface area contributed by atoms with Crippen molar-refractivity contribution in [1.29, 1.82) is 0 Å². The second-order valence-corrected chi connectivity index (χ2v) is 7.34. The molecule has 0 saturated carbocycles. The van der Waals surface area contributed by atoms with Crippen molar-refractivity contribution in [2.75, 3.05) is 33.0 Å². The van der Waals surface area contributed by atoms with Crippen LogP contribution in [0.1, 0.15) is 16.7 Å². The van der Waals surface area contributed by atoms with Gasteiger partial charge < -0.3 is 19.7 Å². The summed E-state index contributed by atoms with van der Waals surface area (Å²) < 4.78 is 10.9. The van der Waals surface area contributed by atoms with Crippen molar-refractivity contribution in [2.45, 2.75) is 20.0 Å². The van der Waals surface area contributed by atoms with E-state index in [1.807, 2.05) is 6.07 Å². The Balaban J connectivity index is 0.000000377. The Morgan fingerprint density at radius 2 is 1.40 bits per heavy atom. The normalized spacial score (nSPS) is 15.9. The van der Waals surface area contributed by atoms with E-state index in [4.69, 9.17) is 29.3 Å². The van der Waals surface area contributed by atoms with Crippen molar-refractivity contribution < 1.29 is 29.3 Å². The number of piperazine rings is 1. The van der Waals surface area contributed by atoms with Crippen LogP contribution in [0.25, 0.3) is 0 Å². The van der Waals surface area contributed by atoms with E-state index in [9.17, 15) is 0 Å². The number of rotatable bonds is 4. The molecule has 4 rings (SSSR count). The Labute approximate surface area is 175 Å². The Kier molecular flexibility index (Phi) is 7.26. The summed E-state index contributed by atoms with van der Waals surface area (Å²) in [7, 11) is 0. The van der Waals surface area contributed by atoms with Gasteiger partial charge in [0.2, 0.25) is 6.79 Å². The first-order valence-corrected chi connectivity index (χ1v) is 9.75. The van der Waals surface area contributed by atoms with E-state index < -0.39 is 11.9 Å². The van der Waals surface area contributed by atoms with E-state index in [0.29, 0.717) is 6.79 Å². The highest BCUT2D eigenvalue weighted by Gasteiger charge is 2.19. The van der Waals surface area contributed by atoms with Crippen LogP contribution in [0.15, 0.2) is 42.5 Å². The van der Waals surface area contributed by atoms with Gasteiger partial charge in [0.1, 0.15) is 0 Å². The quantitative estimate of drug-likeness (QED) is 0.735. The zero-order valence-electron chi connectivity index (χ0n) is 16.9. The lowest BCUT2D eigenvalue weighted by Crippen LogP contribution is -2.45. The smallest absolute Gasteiger partial charge is 0.414 e. The van der Waals surface area contributed by atoms with E-state index in [-0.39, 0.29) is 0 Å². The van der Waals surface area contributed by atoms with Crippen LogP contribution < -0.4 is 9.47 Å². The molecular weight excluding hydrogens is 388 g/mol. The van der Waals surface area contributed by atoms with Gasteiger partial charge in [0.15, 0.2) is 11.5 Å². The van der Waals surface area contributed by atoms with Crippen LogP contribution in [0, 0.1) is 6.92 Å². The van der Waals surface area contributed by atoms with Crippen LogP contribution in [-0.4, -0.2) is 64.9 Å². The number of carboxylic acids is 2. The zero-order valence-corrected chi connectivity index (χ0v) is 16.9. The summed E-state index contributed by atoms with van der Waals surface area (Å²) in [6, 6.07) is 15.1. The molecule has 2 N–H and O–H groups in total. The maximum absolute atomic E-state index is 9.10. The largest absolute Gasteiger partial charge is 0.473 e. The number of aryl methyl sites for hydroxylation is 1. The molecule has 0 unspecified atom stereocenters. The molecule has 0 aliphatic carbocycles. The molecule has 0 radical (unpaired) electrons. The molecule has 2 aromatic rings. The maximum atomic E-state index is 9.10. The van der Waals surface area contributed by atoms with Crippen LogP contribution >= 0.6 is 0 Å². The van der Waals surface area contributed by atoms with Gasteiger partial charge in [-0.05, 0) is 30.2 Å². The second kappa shape index (κ2) is 10.1. The molecule has 1 saturated heterocycles. The molecule has 2 aliphatic rings. The predicted molar refractivity (Wildman–Crippen MR) is 110 cm³/mol. The fourth-order valence-electron chi connectivity index (χ4n) is 3.47. The van der Waals surface area contributed by atoms with E-state index in [1.54, 1.807) is 0 Å². The third-order valence-electron chi connectivity index (χ3n) is 4.98. The molecule has 2 aromatic carbocycles. The van der Waals surface area contributed by atoms with Gasteiger partial charge in [0.25, 0.3) is 0 Å². The number of hydrogen-bond donors (Lipinski definition) is 2. The van der Waals surface area contributed by atoms with E-state index >= 15 is 0 Å². The molecule has 0 spiro atoms. The number of nitrogens with zero attached hydrogens (tertiary/aromatic N) is 2. The van der Waals surface area contributed by atoms with Crippen LogP contribution in [0.3, 0.4) is 0 Å². The Morgan fingerprint density at radius 1 is 0.833 bits per heavy atom. The van der Waals surface area contributed by atoms with E-state index in [0.717, 1.165) is 50.8 Å². The highest BCUT2D eigenvalue weighted by atomic mass is 16.7. The summed E-state index contributed by atoms with van der Waals surface area (Å²) in [5.74, 6) is -1.91. The van der Waals surface area contributed by atoms with Gasteiger partial charge in [0.05, 0.1) is 0 Å². The van der Waals surface area contributed by atoms with Gasteiger partial charge in [-0.25, -0.2) is 9.59 Å². The van der Waals surface area contributed by atoms with Gasteiger partial charge in [-0.1, -0.05) is 35.9 Å². The average molecular weight is 414 g/mol. The summed E-state index contributed by atoms with van der Waals surface area (Å²) in [4.78, 5) is 23.3. The molecule has 0 bridgehead atoms. The number of benzene rings is 2. The topological polar surface area (TPSA) is 99.5 Å². The first kappa shape index (κ1) is 21.6. The van der Waals surface area contributed by atoms with Crippen molar-refractivity contribution >= 4 is 11.9 Å². The summed E-state index contributed by atoms with van der Waals surface area (Å²) >= 11 is 0. The van der Waals surface area contributed by atoms with Gasteiger partial charge in [-0.2, -0.15) is 0 Å². The lowest BCUT2D eigenvalue weighted by molar-refractivity contribution is -0.159. The van der Waals surface area contributed by atoms with Gasteiger partial charge in [-0.3, -0.25) is 9.80 Å². The SMILES string of the molecule is Cc1cccc(CN2CCN(Cc3ccc4c(c3)OCO4)CC2)c1.O=C(O)C(=O)O. The Bertz CT molecular complexity index is 881. The molecule has 160 valence electrons. The molecule has 8 nitrogen and oxygen atoms in total. The van der Waals surface area contributed by atoms with Crippen molar-refractivity contribution in [1.82, 2.24) is 9.80 Å². The number of hydrogen-bond acceptors (Lipinski definition) is 6.